The monoisotopic (exact) mass is 505 g/mol. The summed E-state index contributed by atoms with van der Waals surface area (Å²) in [5.41, 5.74) is 0. The number of aliphatic carboxylic acids is 1. The molecular formula is C30H60KNO2. The van der Waals surface area contributed by atoms with Gasteiger partial charge in [-0.15, -0.1) is 0 Å². The van der Waals surface area contributed by atoms with Crippen molar-refractivity contribution in [3.63, 3.8) is 0 Å². The molecule has 0 N–H and O–H groups in total. The predicted octanol–water partition coefficient (Wildman–Crippen LogP) is 5.44. The van der Waals surface area contributed by atoms with E-state index < -0.39 is 5.97 Å². The van der Waals surface area contributed by atoms with E-state index >= 15 is 0 Å². The third-order valence-corrected chi connectivity index (χ3v) is 7.18. The Morgan fingerprint density at radius 2 is 0.824 bits per heavy atom. The Balaban J connectivity index is 0. The minimum Gasteiger partial charge on any atom is -0.550 e. The van der Waals surface area contributed by atoms with Gasteiger partial charge < -0.3 is 14.8 Å². The summed E-state index contributed by atoms with van der Waals surface area (Å²) in [4.78, 5) is 13.5. The van der Waals surface area contributed by atoms with Crippen molar-refractivity contribution >= 4 is 5.97 Å². The van der Waals surface area contributed by atoms with E-state index in [9.17, 15) is 9.90 Å². The first-order chi connectivity index (χ1) is 16.1. The Morgan fingerprint density at radius 1 is 0.559 bits per heavy atom. The summed E-state index contributed by atoms with van der Waals surface area (Å²) >= 11 is 0. The van der Waals surface area contributed by atoms with Crippen LogP contribution >= 0.6 is 0 Å². The second-order valence-corrected chi connectivity index (χ2v) is 10.5. The van der Waals surface area contributed by atoms with E-state index in [1.807, 2.05) is 0 Å². The van der Waals surface area contributed by atoms with Crippen molar-refractivity contribution in [1.82, 2.24) is 4.90 Å². The normalized spacial score (nSPS) is 12.1. The van der Waals surface area contributed by atoms with Gasteiger partial charge in [-0.1, -0.05) is 142 Å². The smallest absolute Gasteiger partial charge is 0.550 e. The number of carbonyl (C=O) groups excluding carboxylic acids is 1. The summed E-state index contributed by atoms with van der Waals surface area (Å²) in [6, 6.07) is 0.0984. The van der Waals surface area contributed by atoms with Crippen LogP contribution in [0.2, 0.25) is 0 Å². The molecule has 0 aliphatic rings. The van der Waals surface area contributed by atoms with Crippen LogP contribution in [-0.2, 0) is 4.79 Å². The van der Waals surface area contributed by atoms with E-state index in [-0.39, 0.29) is 63.8 Å². The van der Waals surface area contributed by atoms with Crippen LogP contribution in [0.1, 0.15) is 168 Å². The van der Waals surface area contributed by atoms with E-state index in [0.29, 0.717) is 0 Å². The minimum atomic E-state index is -0.912. The first-order valence-corrected chi connectivity index (χ1v) is 15.1. The number of unbranched alkanes of at least 4 members (excludes halogenated alkanes) is 20. The number of rotatable bonds is 27. The summed E-state index contributed by atoms with van der Waals surface area (Å²) in [5.74, 6) is -0.912. The Kier molecular flexibility index (Phi) is 33.2. The van der Waals surface area contributed by atoms with Crippen molar-refractivity contribution in [1.29, 1.82) is 0 Å². The molecule has 0 aliphatic carbocycles. The average Bonchev–Trinajstić information content (AvgIpc) is 2.79. The summed E-state index contributed by atoms with van der Waals surface area (Å²) in [6.45, 7) is 8.70. The van der Waals surface area contributed by atoms with Crippen LogP contribution in [0.25, 0.3) is 0 Å². The SMILES string of the molecule is CCCCCCCCCCCCCN(CCCCCCCCCCCCC)C(C)CC(=O)[O-].[K+]. The molecule has 1 unspecified atom stereocenters. The van der Waals surface area contributed by atoms with Crippen LogP contribution in [0.4, 0.5) is 0 Å². The molecule has 0 amide bonds. The quantitative estimate of drug-likeness (QED) is 0.110. The molecule has 0 bridgehead atoms. The zero-order valence-corrected chi connectivity index (χ0v) is 27.1. The zero-order chi connectivity index (χ0) is 24.4. The maximum absolute atomic E-state index is 11.1. The summed E-state index contributed by atoms with van der Waals surface area (Å²) < 4.78 is 0. The van der Waals surface area contributed by atoms with Gasteiger partial charge in [0, 0.05) is 18.4 Å². The minimum absolute atomic E-state index is 0. The molecule has 34 heavy (non-hydrogen) atoms. The van der Waals surface area contributed by atoms with Gasteiger partial charge in [-0.3, -0.25) is 0 Å². The van der Waals surface area contributed by atoms with E-state index in [1.165, 1.54) is 141 Å². The molecule has 1 atom stereocenters. The molecule has 0 heterocycles. The van der Waals surface area contributed by atoms with Gasteiger partial charge in [-0.2, -0.15) is 0 Å². The Labute approximate surface area is 257 Å². The van der Waals surface area contributed by atoms with E-state index in [0.717, 1.165) is 13.1 Å². The molecule has 0 aromatic heterocycles. The Hall–Kier alpha value is 1.07. The van der Waals surface area contributed by atoms with Crippen LogP contribution < -0.4 is 56.5 Å². The molecule has 0 fully saturated rings. The Bertz CT molecular complexity index is 379. The number of hydrogen-bond acceptors (Lipinski definition) is 3. The molecule has 0 aromatic rings. The number of carbonyl (C=O) groups is 1. The van der Waals surface area contributed by atoms with Crippen molar-refractivity contribution in [2.45, 2.75) is 174 Å². The topological polar surface area (TPSA) is 43.4 Å². The molecule has 0 aliphatic heterocycles. The first kappa shape index (κ1) is 37.2. The van der Waals surface area contributed by atoms with Crippen LogP contribution in [0.15, 0.2) is 0 Å². The molecule has 3 nitrogen and oxygen atoms in total. The molecule has 0 radical (unpaired) electrons. The maximum atomic E-state index is 11.1. The number of hydrogen-bond donors (Lipinski definition) is 0. The van der Waals surface area contributed by atoms with Crippen molar-refractivity contribution in [3.05, 3.63) is 0 Å². The van der Waals surface area contributed by atoms with Crippen LogP contribution in [0.3, 0.4) is 0 Å². The number of carboxylic acids is 1. The van der Waals surface area contributed by atoms with E-state index in [4.69, 9.17) is 0 Å². The number of nitrogens with zero attached hydrogens (tertiary/aromatic N) is 1. The summed E-state index contributed by atoms with van der Waals surface area (Å²) in [6.07, 6.45) is 30.0. The molecular weight excluding hydrogens is 445 g/mol. The fourth-order valence-corrected chi connectivity index (χ4v) is 4.88. The standard InChI is InChI=1S/C30H61NO2.K/c1-4-6-8-10-12-14-16-18-20-22-24-26-31(29(3)28-30(32)33)27-25-23-21-19-17-15-13-11-9-7-5-2;/h29H,4-28H2,1-3H3,(H,32,33);/q;+1/p-1. The van der Waals surface area contributed by atoms with Crippen LogP contribution in [0.5, 0.6) is 0 Å². The average molecular weight is 506 g/mol. The van der Waals surface area contributed by atoms with Gasteiger partial charge in [0.15, 0.2) is 0 Å². The van der Waals surface area contributed by atoms with Gasteiger partial charge in [0.05, 0.1) is 0 Å². The van der Waals surface area contributed by atoms with Crippen molar-refractivity contribution < 1.29 is 61.3 Å². The van der Waals surface area contributed by atoms with Crippen molar-refractivity contribution in [2.24, 2.45) is 0 Å². The summed E-state index contributed by atoms with van der Waals surface area (Å²) in [5, 5.41) is 11.1. The van der Waals surface area contributed by atoms with Crippen molar-refractivity contribution in [3.8, 4) is 0 Å². The van der Waals surface area contributed by atoms with Gasteiger partial charge in [-0.25, -0.2) is 0 Å². The summed E-state index contributed by atoms with van der Waals surface area (Å²) in [7, 11) is 0. The fourth-order valence-electron chi connectivity index (χ4n) is 4.88. The third kappa shape index (κ3) is 27.7. The van der Waals surface area contributed by atoms with Crippen LogP contribution in [-0.4, -0.2) is 30.0 Å². The second kappa shape index (κ2) is 30.3. The molecule has 4 heteroatoms. The van der Waals surface area contributed by atoms with Gasteiger partial charge in [0.2, 0.25) is 0 Å². The molecule has 0 spiro atoms. The van der Waals surface area contributed by atoms with Crippen LogP contribution in [0, 0.1) is 0 Å². The van der Waals surface area contributed by atoms with Gasteiger partial charge in [0.1, 0.15) is 0 Å². The Morgan fingerprint density at radius 3 is 1.09 bits per heavy atom. The number of carboxylic acid groups (broad SMARTS) is 1. The molecule has 0 saturated carbocycles. The zero-order valence-electron chi connectivity index (χ0n) is 24.0. The molecule has 0 aromatic carbocycles. The fraction of sp³-hybridized carbons (Fsp3) is 0.967. The second-order valence-electron chi connectivity index (χ2n) is 10.5. The van der Waals surface area contributed by atoms with Gasteiger partial charge >= 0.3 is 51.4 Å². The van der Waals surface area contributed by atoms with Gasteiger partial charge in [0.25, 0.3) is 0 Å². The van der Waals surface area contributed by atoms with E-state index in [1.54, 1.807) is 0 Å². The van der Waals surface area contributed by atoms with Crippen molar-refractivity contribution in [2.75, 3.05) is 13.1 Å². The molecule has 198 valence electrons. The van der Waals surface area contributed by atoms with Gasteiger partial charge in [-0.05, 0) is 32.9 Å². The molecule has 0 rings (SSSR count). The first-order valence-electron chi connectivity index (χ1n) is 15.1. The maximum Gasteiger partial charge on any atom is 1.00 e. The largest absolute Gasteiger partial charge is 1.00 e. The third-order valence-electron chi connectivity index (χ3n) is 7.18. The predicted molar refractivity (Wildman–Crippen MR) is 144 cm³/mol. The molecule has 0 saturated heterocycles. The van der Waals surface area contributed by atoms with E-state index in [2.05, 4.69) is 25.7 Å².